The second-order valence-electron chi connectivity index (χ2n) is 3.98. The van der Waals surface area contributed by atoms with E-state index >= 15 is 0 Å². The van der Waals surface area contributed by atoms with Crippen molar-refractivity contribution in [3.8, 4) is 0 Å². The van der Waals surface area contributed by atoms with Gasteiger partial charge >= 0.3 is 0 Å². The highest BCUT2D eigenvalue weighted by atomic mass is 16.5. The average molecular weight is 252 g/mol. The molecular weight excluding hydrogens is 228 g/mol. The van der Waals surface area contributed by atoms with Gasteiger partial charge in [0, 0.05) is 37.7 Å². The summed E-state index contributed by atoms with van der Waals surface area (Å²) in [5.41, 5.74) is 7.72. The van der Waals surface area contributed by atoms with Crippen molar-refractivity contribution in [2.75, 3.05) is 50.2 Å². The molecule has 4 nitrogen and oxygen atoms in total. The summed E-state index contributed by atoms with van der Waals surface area (Å²) < 4.78 is 10.8. The standard InChI is InChI=1S/C14H24N2O2/c1-3-17-10-8-16(9-11-18-4-2)14-7-5-6-13(15)12-14/h5-7,12H,3-4,8-11,15H2,1-2H3. The summed E-state index contributed by atoms with van der Waals surface area (Å²) in [6.07, 6.45) is 0. The summed E-state index contributed by atoms with van der Waals surface area (Å²) >= 11 is 0. The predicted octanol–water partition coefficient (Wildman–Crippen LogP) is 2.15. The van der Waals surface area contributed by atoms with E-state index in [9.17, 15) is 0 Å². The lowest BCUT2D eigenvalue weighted by atomic mass is 10.2. The van der Waals surface area contributed by atoms with Gasteiger partial charge in [0.15, 0.2) is 0 Å². The van der Waals surface area contributed by atoms with Gasteiger partial charge in [-0.25, -0.2) is 0 Å². The van der Waals surface area contributed by atoms with E-state index in [4.69, 9.17) is 15.2 Å². The van der Waals surface area contributed by atoms with Crippen LogP contribution in [0.5, 0.6) is 0 Å². The van der Waals surface area contributed by atoms with E-state index in [2.05, 4.69) is 11.0 Å². The first-order valence-corrected chi connectivity index (χ1v) is 6.54. The first-order valence-electron chi connectivity index (χ1n) is 6.54. The van der Waals surface area contributed by atoms with Crippen LogP contribution in [0, 0.1) is 0 Å². The maximum absolute atomic E-state index is 5.82. The Balaban J connectivity index is 2.57. The largest absolute Gasteiger partial charge is 0.399 e. The second-order valence-corrected chi connectivity index (χ2v) is 3.98. The Morgan fingerprint density at radius 2 is 1.67 bits per heavy atom. The molecule has 1 aromatic carbocycles. The van der Waals surface area contributed by atoms with Crippen molar-refractivity contribution in [1.29, 1.82) is 0 Å². The highest BCUT2D eigenvalue weighted by Crippen LogP contribution is 2.17. The zero-order chi connectivity index (χ0) is 13.2. The summed E-state index contributed by atoms with van der Waals surface area (Å²) in [5, 5.41) is 0. The molecule has 0 aliphatic carbocycles. The molecule has 0 aliphatic heterocycles. The van der Waals surface area contributed by atoms with Gasteiger partial charge in [-0.05, 0) is 32.0 Å². The number of ether oxygens (including phenoxy) is 2. The molecule has 0 fully saturated rings. The van der Waals surface area contributed by atoms with Gasteiger partial charge in [-0.1, -0.05) is 6.07 Å². The molecule has 0 saturated heterocycles. The maximum atomic E-state index is 5.82. The molecule has 0 heterocycles. The number of hydrogen-bond acceptors (Lipinski definition) is 4. The Bertz CT molecular complexity index is 321. The molecule has 4 heteroatoms. The highest BCUT2D eigenvalue weighted by Gasteiger charge is 2.06. The van der Waals surface area contributed by atoms with E-state index in [-0.39, 0.29) is 0 Å². The van der Waals surface area contributed by atoms with E-state index < -0.39 is 0 Å². The third-order valence-electron chi connectivity index (χ3n) is 2.65. The van der Waals surface area contributed by atoms with Gasteiger partial charge in [-0.15, -0.1) is 0 Å². The third kappa shape index (κ3) is 5.38. The lowest BCUT2D eigenvalue weighted by molar-refractivity contribution is 0.141. The average Bonchev–Trinajstić information content (AvgIpc) is 2.37. The third-order valence-corrected chi connectivity index (χ3v) is 2.65. The van der Waals surface area contributed by atoms with Gasteiger partial charge in [-0.3, -0.25) is 0 Å². The molecule has 0 spiro atoms. The highest BCUT2D eigenvalue weighted by molar-refractivity contribution is 5.55. The molecule has 0 saturated carbocycles. The molecular formula is C14H24N2O2. The molecule has 0 amide bonds. The van der Waals surface area contributed by atoms with Gasteiger partial charge in [0.1, 0.15) is 0 Å². The molecule has 1 rings (SSSR count). The number of benzene rings is 1. The number of nitrogens with zero attached hydrogens (tertiary/aromatic N) is 1. The van der Waals surface area contributed by atoms with Crippen molar-refractivity contribution in [2.24, 2.45) is 0 Å². The van der Waals surface area contributed by atoms with Gasteiger partial charge < -0.3 is 20.1 Å². The quantitative estimate of drug-likeness (QED) is 0.540. The van der Waals surface area contributed by atoms with Crippen LogP contribution >= 0.6 is 0 Å². The van der Waals surface area contributed by atoms with Crippen LogP contribution in [0.15, 0.2) is 24.3 Å². The Morgan fingerprint density at radius 3 is 2.17 bits per heavy atom. The van der Waals surface area contributed by atoms with Crippen molar-refractivity contribution in [3.63, 3.8) is 0 Å². The van der Waals surface area contributed by atoms with Gasteiger partial charge in [0.2, 0.25) is 0 Å². The van der Waals surface area contributed by atoms with Gasteiger partial charge in [-0.2, -0.15) is 0 Å². The van der Waals surface area contributed by atoms with Crippen molar-refractivity contribution in [1.82, 2.24) is 0 Å². The lowest BCUT2D eigenvalue weighted by Crippen LogP contribution is -2.31. The van der Waals surface area contributed by atoms with E-state index in [1.54, 1.807) is 0 Å². The maximum Gasteiger partial charge on any atom is 0.0641 e. The van der Waals surface area contributed by atoms with Crippen LogP contribution in [-0.4, -0.2) is 39.5 Å². The summed E-state index contributed by atoms with van der Waals surface area (Å²) in [5.74, 6) is 0. The fourth-order valence-corrected chi connectivity index (χ4v) is 1.73. The van der Waals surface area contributed by atoms with Crippen molar-refractivity contribution < 1.29 is 9.47 Å². The SMILES string of the molecule is CCOCCN(CCOCC)c1cccc(N)c1. The number of hydrogen-bond donors (Lipinski definition) is 1. The fraction of sp³-hybridized carbons (Fsp3) is 0.571. The number of nitrogen functional groups attached to an aromatic ring is 1. The van der Waals surface area contributed by atoms with E-state index in [0.29, 0.717) is 0 Å². The summed E-state index contributed by atoms with van der Waals surface area (Å²) in [7, 11) is 0. The van der Waals surface area contributed by atoms with Crippen molar-refractivity contribution >= 4 is 11.4 Å². The molecule has 1 aromatic rings. The second kappa shape index (κ2) is 8.78. The van der Waals surface area contributed by atoms with E-state index in [0.717, 1.165) is 50.9 Å². The smallest absolute Gasteiger partial charge is 0.0641 e. The normalized spacial score (nSPS) is 10.6. The van der Waals surface area contributed by atoms with Crippen LogP contribution in [0.1, 0.15) is 13.8 Å². The molecule has 0 aliphatic rings. The topological polar surface area (TPSA) is 47.7 Å². The monoisotopic (exact) mass is 252 g/mol. The predicted molar refractivity (Wildman–Crippen MR) is 76.1 cm³/mol. The minimum atomic E-state index is 0.720. The molecule has 0 atom stereocenters. The van der Waals surface area contributed by atoms with E-state index in [1.165, 1.54) is 0 Å². The summed E-state index contributed by atoms with van der Waals surface area (Å²) in [6.45, 7) is 8.64. The van der Waals surface area contributed by atoms with Crippen LogP contribution in [0.4, 0.5) is 11.4 Å². The first kappa shape index (κ1) is 14.8. The van der Waals surface area contributed by atoms with Crippen LogP contribution in [0.2, 0.25) is 0 Å². The number of nitrogens with two attached hydrogens (primary N) is 1. The molecule has 2 N–H and O–H groups in total. The van der Waals surface area contributed by atoms with Crippen LogP contribution in [0.25, 0.3) is 0 Å². The molecule has 0 radical (unpaired) electrons. The van der Waals surface area contributed by atoms with Crippen LogP contribution < -0.4 is 10.6 Å². The Labute approximate surface area is 110 Å². The van der Waals surface area contributed by atoms with Crippen LogP contribution in [-0.2, 0) is 9.47 Å². The molecule has 0 bridgehead atoms. The van der Waals surface area contributed by atoms with E-state index in [1.807, 2.05) is 32.0 Å². The Morgan fingerprint density at radius 1 is 1.06 bits per heavy atom. The van der Waals surface area contributed by atoms with Crippen molar-refractivity contribution in [3.05, 3.63) is 24.3 Å². The van der Waals surface area contributed by atoms with Crippen molar-refractivity contribution in [2.45, 2.75) is 13.8 Å². The Kier molecular flexibility index (Phi) is 7.22. The molecule has 18 heavy (non-hydrogen) atoms. The zero-order valence-electron chi connectivity index (χ0n) is 11.4. The zero-order valence-corrected chi connectivity index (χ0v) is 11.4. The molecule has 0 unspecified atom stereocenters. The van der Waals surface area contributed by atoms with Gasteiger partial charge in [0.05, 0.1) is 13.2 Å². The van der Waals surface area contributed by atoms with Gasteiger partial charge in [0.25, 0.3) is 0 Å². The summed E-state index contributed by atoms with van der Waals surface area (Å²) in [4.78, 5) is 2.24. The summed E-state index contributed by atoms with van der Waals surface area (Å²) in [6, 6.07) is 7.91. The number of anilines is 2. The Hall–Kier alpha value is -1.26. The minimum absolute atomic E-state index is 0.720. The van der Waals surface area contributed by atoms with Crippen LogP contribution in [0.3, 0.4) is 0 Å². The fourth-order valence-electron chi connectivity index (χ4n) is 1.73. The number of rotatable bonds is 9. The lowest BCUT2D eigenvalue weighted by Gasteiger charge is -2.24. The molecule has 102 valence electrons. The minimum Gasteiger partial charge on any atom is -0.399 e. The first-order chi connectivity index (χ1) is 8.77. The molecule has 0 aromatic heterocycles.